The van der Waals surface area contributed by atoms with E-state index in [9.17, 15) is 15.1 Å². The minimum atomic E-state index is -3.04. The van der Waals surface area contributed by atoms with E-state index in [1.54, 1.807) is 0 Å². The molecule has 0 unspecified atom stereocenters. The number of thiazole rings is 1. The van der Waals surface area contributed by atoms with Crippen LogP contribution < -0.4 is 30.5 Å². The number of aromatic amines is 1. The molecule has 1 aliphatic heterocycles. The zero-order valence-electron chi connectivity index (χ0n) is 36.8. The van der Waals surface area contributed by atoms with Crippen molar-refractivity contribution in [2.24, 2.45) is 11.0 Å². The first kappa shape index (κ1) is 44.5. The number of fused-ring (bicyclic) bond motifs is 1. The fourth-order valence-corrected chi connectivity index (χ4v) is 15.4. The van der Waals surface area contributed by atoms with Crippen LogP contribution in [-0.2, 0) is 14.7 Å². The number of nitrogens with one attached hydrogen (secondary N) is 2. The Balaban J connectivity index is 1.25. The van der Waals surface area contributed by atoms with E-state index in [0.29, 0.717) is 23.3 Å². The van der Waals surface area contributed by atoms with Crippen LogP contribution in [0, 0.1) is 5.92 Å². The molecule has 1 aliphatic rings. The third kappa shape index (κ3) is 8.15. The van der Waals surface area contributed by atoms with E-state index < -0.39 is 54.7 Å². The lowest BCUT2D eigenvalue weighted by atomic mass is 9.77. The molecule has 15 heteroatoms. The van der Waals surface area contributed by atoms with Gasteiger partial charge in [-0.3, -0.25) is 19.1 Å². The Labute approximate surface area is 380 Å². The van der Waals surface area contributed by atoms with Crippen molar-refractivity contribution in [1.82, 2.24) is 14.5 Å². The van der Waals surface area contributed by atoms with Gasteiger partial charge in [0.2, 0.25) is 16.4 Å². The Bertz CT molecular complexity index is 2770. The molecular weight excluding hydrogens is 855 g/mol. The van der Waals surface area contributed by atoms with Gasteiger partial charge in [0.15, 0.2) is 5.65 Å². The maximum Gasteiger partial charge on any atom is 0.311 e. The minimum absolute atomic E-state index is 0.149. The summed E-state index contributed by atoms with van der Waals surface area (Å²) in [6.07, 6.45) is -0.783. The first-order valence-electron chi connectivity index (χ1n) is 21.6. The average Bonchev–Trinajstić information content (AvgIpc) is 3.90. The topological polar surface area (TPSA) is 156 Å². The predicted octanol–water partition coefficient (Wildman–Crippen LogP) is 8.17. The van der Waals surface area contributed by atoms with Crippen LogP contribution in [0.1, 0.15) is 70.4 Å². The molecule has 0 aliphatic carbocycles. The summed E-state index contributed by atoms with van der Waals surface area (Å²) in [6, 6.07) is 48.1. The van der Waals surface area contributed by atoms with Crippen molar-refractivity contribution in [3.63, 3.8) is 0 Å². The van der Waals surface area contributed by atoms with Crippen molar-refractivity contribution in [2.75, 3.05) is 5.32 Å². The molecule has 5 atom stereocenters. The maximum atomic E-state index is 14.4. The van der Waals surface area contributed by atoms with E-state index in [2.05, 4.69) is 96.6 Å². The third-order valence-electron chi connectivity index (χ3n) is 12.6. The van der Waals surface area contributed by atoms with Crippen LogP contribution in [0.5, 0.6) is 5.75 Å². The monoisotopic (exact) mass is 907 g/mol. The molecule has 7 aromatic rings. The van der Waals surface area contributed by atoms with Crippen molar-refractivity contribution >= 4 is 56.8 Å². The molecule has 0 bridgehead atoms. The molecule has 1 saturated heterocycles. The molecule has 3 heterocycles. The number of hydrogen-bond acceptors (Lipinski definition) is 9. The van der Waals surface area contributed by atoms with E-state index >= 15 is 0 Å². The van der Waals surface area contributed by atoms with Gasteiger partial charge in [-0.15, -0.1) is 0 Å². The summed E-state index contributed by atoms with van der Waals surface area (Å²) in [5, 5.41) is 9.81. The summed E-state index contributed by atoms with van der Waals surface area (Å²) in [4.78, 5) is 39.4. The van der Waals surface area contributed by atoms with E-state index in [1.165, 1.54) is 4.57 Å². The highest BCUT2D eigenvalue weighted by Crippen LogP contribution is 2.45. The molecule has 0 amide bonds. The molecule has 2 aromatic heterocycles. The van der Waals surface area contributed by atoms with Crippen molar-refractivity contribution in [3.8, 4) is 5.75 Å². The molecule has 0 saturated carbocycles. The van der Waals surface area contributed by atoms with E-state index in [1.807, 2.05) is 104 Å². The van der Waals surface area contributed by atoms with Gasteiger partial charge in [0.25, 0.3) is 13.9 Å². The zero-order valence-corrected chi connectivity index (χ0v) is 40.7. The first-order chi connectivity index (χ1) is 30.9. The van der Waals surface area contributed by atoms with Gasteiger partial charge in [0.1, 0.15) is 22.2 Å². The molecule has 64 heavy (non-hydrogen) atoms. The first-order valence-corrected chi connectivity index (χ1v) is 25.2. The second-order valence-corrected chi connectivity index (χ2v) is 22.9. The summed E-state index contributed by atoms with van der Waals surface area (Å²) < 4.78 is 22.0. The molecule has 0 spiro atoms. The number of hydrogen-bond donors (Lipinski definition) is 2. The lowest BCUT2D eigenvalue weighted by molar-refractivity contribution is -0.0613. The fraction of sp³-hybridized carbons (Fsp3) is 0.286. The van der Waals surface area contributed by atoms with Gasteiger partial charge >= 0.3 is 4.87 Å². The molecule has 1 fully saturated rings. The Hall–Kier alpha value is -6.07. The maximum absolute atomic E-state index is 14.4. The number of benzene rings is 5. The van der Waals surface area contributed by atoms with Crippen LogP contribution in [0.4, 0.5) is 5.95 Å². The van der Waals surface area contributed by atoms with Crippen molar-refractivity contribution in [2.45, 2.75) is 82.5 Å². The zero-order chi connectivity index (χ0) is 45.1. The smallest absolute Gasteiger partial charge is 0.311 e. The van der Waals surface area contributed by atoms with Gasteiger partial charge in [-0.2, -0.15) is 4.98 Å². The molecule has 8 rings (SSSR count). The van der Waals surface area contributed by atoms with Crippen LogP contribution in [0.3, 0.4) is 0 Å². The largest absolute Gasteiger partial charge is 0.553 e. The lowest BCUT2D eigenvalue weighted by Gasteiger charge is -2.46. The van der Waals surface area contributed by atoms with Crippen LogP contribution in [0.25, 0.3) is 20.8 Å². The number of ether oxygens (including phenoxy) is 1. The lowest BCUT2D eigenvalue weighted by Crippen LogP contribution is -2.68. The Morgan fingerprint density at radius 1 is 0.891 bits per heavy atom. The molecular formula is C49H53N7O5SSi2. The highest BCUT2D eigenvalue weighted by atomic mass is 32.1. The molecule has 5 aromatic carbocycles. The summed E-state index contributed by atoms with van der Waals surface area (Å²) in [7, 11) is -2.50. The average molecular weight is 908 g/mol. The Morgan fingerprint density at radius 2 is 1.42 bits per heavy atom. The van der Waals surface area contributed by atoms with E-state index in [-0.39, 0.29) is 21.3 Å². The van der Waals surface area contributed by atoms with Gasteiger partial charge in [0.05, 0.1) is 12.2 Å². The minimum Gasteiger partial charge on any atom is -0.553 e. The van der Waals surface area contributed by atoms with E-state index in [0.717, 1.165) is 44.2 Å². The number of aromatic nitrogens is 3. The van der Waals surface area contributed by atoms with Crippen LogP contribution in [0.15, 0.2) is 160 Å². The van der Waals surface area contributed by atoms with Gasteiger partial charge in [-0.1, -0.05) is 185 Å². The van der Waals surface area contributed by atoms with Gasteiger partial charge < -0.3 is 18.9 Å². The SMILES string of the molecule is CC[C@H](O[Si](c1ccccc1)(c1ccccc1)C(C)(C)C)[C@@H]1C[C@@H]([C@H](C)N=[N+]=[N-])[C@H](n2c(=O)sc3c(=O)[nH]c(NC(c4ccccc4)(c4ccccc4)c4ccc(O[SiH3])cc4)nc32)O1. The third-order valence-corrected chi connectivity index (χ3v) is 19.0. The van der Waals surface area contributed by atoms with Crippen molar-refractivity contribution in [1.29, 1.82) is 0 Å². The number of nitrogens with zero attached hydrogens (tertiary/aromatic N) is 5. The Morgan fingerprint density at radius 3 is 1.92 bits per heavy atom. The second kappa shape index (κ2) is 18.6. The van der Waals surface area contributed by atoms with Crippen LogP contribution >= 0.6 is 11.3 Å². The molecule has 328 valence electrons. The number of rotatable bonds is 15. The molecule has 2 N–H and O–H groups in total. The normalized spacial score (nSPS) is 17.7. The number of azide groups is 1. The number of anilines is 1. The van der Waals surface area contributed by atoms with Crippen molar-refractivity contribution in [3.05, 3.63) is 193 Å². The van der Waals surface area contributed by atoms with Crippen LogP contribution in [-0.4, -0.2) is 51.6 Å². The quantitative estimate of drug-likeness (QED) is 0.0346. The standard InChI is InChI=1S/C49H53N7O5SSi2/c1-6-40(61-64(48(3,4)5,37-23-15-9-16-24-37)38-25-17-10-18-26-38)41-31-39(32(2)54-55-50)45(59-41)56-43-42(62-47(56)58)44(57)52-46(51-43)53-49(33-19-11-7-12-20-33,34-21-13-8-14-22-34)35-27-29-36(60-63)30-28-35/h7-30,32,39-41,45H,6,31H2,1-5,63H3,(H2,51,52,53,57)/t32-,39-,40-,41-,45+/m0/s1. The fourth-order valence-electron chi connectivity index (χ4n) is 9.48. The summed E-state index contributed by atoms with van der Waals surface area (Å²) in [5.74, 6) is 0.443. The molecule has 0 radical (unpaired) electrons. The van der Waals surface area contributed by atoms with Crippen molar-refractivity contribution < 1.29 is 13.6 Å². The predicted molar refractivity (Wildman–Crippen MR) is 261 cm³/mol. The van der Waals surface area contributed by atoms with Gasteiger partial charge in [0, 0.05) is 16.9 Å². The van der Waals surface area contributed by atoms with Crippen LogP contribution in [0.2, 0.25) is 5.04 Å². The van der Waals surface area contributed by atoms with Gasteiger partial charge in [-0.25, -0.2) is 0 Å². The summed E-state index contributed by atoms with van der Waals surface area (Å²) in [5.41, 5.74) is 11.0. The van der Waals surface area contributed by atoms with E-state index in [4.69, 9.17) is 18.6 Å². The summed E-state index contributed by atoms with van der Waals surface area (Å²) >= 11 is 0.818. The summed E-state index contributed by atoms with van der Waals surface area (Å²) in [6.45, 7) is 10.6. The number of H-pyrrole nitrogens is 1. The second-order valence-electron chi connectivity index (χ2n) is 17.3. The molecule has 12 nitrogen and oxygen atoms in total. The van der Waals surface area contributed by atoms with Gasteiger partial charge in [-0.05, 0) is 62.6 Å². The highest BCUT2D eigenvalue weighted by molar-refractivity contribution is 7.16. The highest BCUT2D eigenvalue weighted by Gasteiger charge is 2.54. The Kier molecular flexibility index (Phi) is 12.9.